The van der Waals surface area contributed by atoms with Crippen LogP contribution in [-0.4, -0.2) is 33.7 Å². The summed E-state index contributed by atoms with van der Waals surface area (Å²) in [7, 11) is 3.82. The fourth-order valence-corrected chi connectivity index (χ4v) is 2.35. The number of hydrogen-bond donors (Lipinski definition) is 2. The summed E-state index contributed by atoms with van der Waals surface area (Å²) in [6.45, 7) is 0. The van der Waals surface area contributed by atoms with Gasteiger partial charge in [-0.2, -0.15) is 14.5 Å². The number of benzene rings is 1. The summed E-state index contributed by atoms with van der Waals surface area (Å²) in [5.74, 6) is 1.42. The highest BCUT2D eigenvalue weighted by atomic mass is 32.1. The molecule has 2 aromatic heterocycles. The Labute approximate surface area is 120 Å². The summed E-state index contributed by atoms with van der Waals surface area (Å²) in [6, 6.07) is 12.0. The summed E-state index contributed by atoms with van der Waals surface area (Å²) < 4.78 is 4.23. The van der Waals surface area contributed by atoms with E-state index in [9.17, 15) is 0 Å². The van der Waals surface area contributed by atoms with Gasteiger partial charge in [0, 0.05) is 31.7 Å². The molecule has 0 amide bonds. The highest BCUT2D eigenvalue weighted by Gasteiger charge is 2.08. The molecule has 20 heavy (non-hydrogen) atoms. The third-order valence-corrected chi connectivity index (χ3v) is 3.33. The molecule has 2 heterocycles. The number of anilines is 3. The number of hydrogen-bond acceptors (Lipinski definition) is 6. The summed E-state index contributed by atoms with van der Waals surface area (Å²) in [4.78, 5) is 6.22. The van der Waals surface area contributed by atoms with Crippen LogP contribution in [0.2, 0.25) is 0 Å². The third-order valence-electron chi connectivity index (χ3n) is 2.71. The van der Waals surface area contributed by atoms with Crippen LogP contribution >= 0.6 is 11.5 Å². The van der Waals surface area contributed by atoms with E-state index in [1.807, 2.05) is 55.4 Å². The molecule has 3 aromatic rings. The van der Waals surface area contributed by atoms with Gasteiger partial charge in [0.2, 0.25) is 11.1 Å². The number of aromatic amines is 1. The lowest BCUT2D eigenvalue weighted by atomic mass is 10.2. The summed E-state index contributed by atoms with van der Waals surface area (Å²) in [6.07, 6.45) is 0. The summed E-state index contributed by atoms with van der Waals surface area (Å²) in [5, 5.41) is 11.1. The highest BCUT2D eigenvalue weighted by Crippen LogP contribution is 2.23. The van der Waals surface area contributed by atoms with Crippen LogP contribution in [0.1, 0.15) is 0 Å². The number of nitrogens with zero attached hydrogens (tertiary/aromatic N) is 4. The summed E-state index contributed by atoms with van der Waals surface area (Å²) >= 11 is 1.31. The van der Waals surface area contributed by atoms with Gasteiger partial charge in [-0.3, -0.25) is 5.10 Å². The molecule has 7 heteroatoms. The van der Waals surface area contributed by atoms with E-state index in [-0.39, 0.29) is 0 Å². The lowest BCUT2D eigenvalue weighted by Gasteiger charge is -2.03. The molecule has 0 bridgehead atoms. The Bertz CT molecular complexity index is 688. The average molecular weight is 286 g/mol. The lowest BCUT2D eigenvalue weighted by molar-refractivity contribution is 1.04. The summed E-state index contributed by atoms with van der Waals surface area (Å²) in [5.41, 5.74) is 2.06. The molecule has 0 saturated heterocycles. The van der Waals surface area contributed by atoms with Crippen molar-refractivity contribution in [2.45, 2.75) is 0 Å². The van der Waals surface area contributed by atoms with Gasteiger partial charge in [-0.05, 0) is 5.56 Å². The van der Waals surface area contributed by atoms with Crippen molar-refractivity contribution in [3.05, 3.63) is 36.4 Å². The first-order chi connectivity index (χ1) is 9.72. The molecule has 3 rings (SSSR count). The van der Waals surface area contributed by atoms with Crippen molar-refractivity contribution >= 4 is 28.4 Å². The van der Waals surface area contributed by atoms with E-state index in [1.165, 1.54) is 11.5 Å². The van der Waals surface area contributed by atoms with E-state index in [2.05, 4.69) is 24.9 Å². The second-order valence-electron chi connectivity index (χ2n) is 4.45. The fourth-order valence-electron chi connectivity index (χ4n) is 1.71. The SMILES string of the molecule is CN(C)c1nsc(Nc2cc(-c3ccccc3)[nH]n2)n1. The predicted molar refractivity (Wildman–Crippen MR) is 81.5 cm³/mol. The van der Waals surface area contributed by atoms with Crippen LogP contribution in [0, 0.1) is 0 Å². The Morgan fingerprint density at radius 1 is 1.20 bits per heavy atom. The molecular weight excluding hydrogens is 272 g/mol. The van der Waals surface area contributed by atoms with Crippen molar-refractivity contribution in [2.75, 3.05) is 24.3 Å². The Hall–Kier alpha value is -2.41. The van der Waals surface area contributed by atoms with E-state index in [1.54, 1.807) is 0 Å². The molecule has 0 saturated carbocycles. The maximum atomic E-state index is 4.36. The van der Waals surface area contributed by atoms with Crippen LogP contribution in [0.15, 0.2) is 36.4 Å². The highest BCUT2D eigenvalue weighted by molar-refractivity contribution is 7.10. The van der Waals surface area contributed by atoms with Crippen molar-refractivity contribution in [3.63, 3.8) is 0 Å². The molecule has 0 spiro atoms. The van der Waals surface area contributed by atoms with E-state index in [0.29, 0.717) is 5.95 Å². The van der Waals surface area contributed by atoms with Crippen LogP contribution in [0.3, 0.4) is 0 Å². The Kier molecular flexibility index (Phi) is 3.34. The van der Waals surface area contributed by atoms with Crippen molar-refractivity contribution < 1.29 is 0 Å². The van der Waals surface area contributed by atoms with E-state index >= 15 is 0 Å². The largest absolute Gasteiger partial charge is 0.346 e. The van der Waals surface area contributed by atoms with Crippen molar-refractivity contribution in [1.29, 1.82) is 0 Å². The molecule has 0 fully saturated rings. The zero-order valence-electron chi connectivity index (χ0n) is 11.2. The molecule has 102 valence electrons. The van der Waals surface area contributed by atoms with Gasteiger partial charge in [-0.1, -0.05) is 30.3 Å². The normalized spacial score (nSPS) is 10.5. The molecule has 6 nitrogen and oxygen atoms in total. The number of nitrogens with one attached hydrogen (secondary N) is 2. The van der Waals surface area contributed by atoms with Gasteiger partial charge < -0.3 is 10.2 Å². The minimum atomic E-state index is 0.691. The fraction of sp³-hybridized carbons (Fsp3) is 0.154. The maximum Gasteiger partial charge on any atom is 0.238 e. The zero-order chi connectivity index (χ0) is 13.9. The number of rotatable bonds is 4. The minimum absolute atomic E-state index is 0.691. The van der Waals surface area contributed by atoms with Crippen LogP contribution < -0.4 is 10.2 Å². The van der Waals surface area contributed by atoms with Crippen molar-refractivity contribution in [1.82, 2.24) is 19.6 Å². The lowest BCUT2D eigenvalue weighted by Crippen LogP contribution is -2.10. The van der Waals surface area contributed by atoms with Gasteiger partial charge in [0.1, 0.15) is 0 Å². The molecule has 2 N–H and O–H groups in total. The van der Waals surface area contributed by atoms with E-state index < -0.39 is 0 Å². The Morgan fingerprint density at radius 2 is 2.00 bits per heavy atom. The van der Waals surface area contributed by atoms with Crippen LogP contribution in [0.25, 0.3) is 11.3 Å². The first-order valence-electron chi connectivity index (χ1n) is 6.11. The van der Waals surface area contributed by atoms with Crippen LogP contribution in [-0.2, 0) is 0 Å². The van der Waals surface area contributed by atoms with E-state index in [4.69, 9.17) is 0 Å². The second kappa shape index (κ2) is 5.30. The first kappa shape index (κ1) is 12.6. The Balaban J connectivity index is 1.77. The van der Waals surface area contributed by atoms with Gasteiger partial charge in [-0.25, -0.2) is 0 Å². The number of aromatic nitrogens is 4. The molecule has 0 radical (unpaired) electrons. The van der Waals surface area contributed by atoms with Gasteiger partial charge >= 0.3 is 0 Å². The van der Waals surface area contributed by atoms with Gasteiger partial charge in [0.25, 0.3) is 0 Å². The average Bonchev–Trinajstić information content (AvgIpc) is 3.10. The topological polar surface area (TPSA) is 69.7 Å². The van der Waals surface area contributed by atoms with Gasteiger partial charge in [0.15, 0.2) is 5.82 Å². The Morgan fingerprint density at radius 3 is 2.70 bits per heavy atom. The minimum Gasteiger partial charge on any atom is -0.346 e. The predicted octanol–water partition coefficient (Wildman–Crippen LogP) is 2.74. The smallest absolute Gasteiger partial charge is 0.238 e. The monoisotopic (exact) mass is 286 g/mol. The van der Waals surface area contributed by atoms with Crippen LogP contribution in [0.5, 0.6) is 0 Å². The van der Waals surface area contributed by atoms with Crippen molar-refractivity contribution in [3.8, 4) is 11.3 Å². The molecule has 1 aromatic carbocycles. The maximum absolute atomic E-state index is 4.36. The van der Waals surface area contributed by atoms with E-state index in [0.717, 1.165) is 22.2 Å². The zero-order valence-corrected chi connectivity index (χ0v) is 12.0. The molecule has 0 aliphatic heterocycles. The quantitative estimate of drug-likeness (QED) is 0.771. The van der Waals surface area contributed by atoms with Crippen molar-refractivity contribution in [2.24, 2.45) is 0 Å². The molecule has 0 atom stereocenters. The van der Waals surface area contributed by atoms with Crippen LogP contribution in [0.4, 0.5) is 16.9 Å². The third kappa shape index (κ3) is 2.62. The van der Waals surface area contributed by atoms with Gasteiger partial charge in [0.05, 0.1) is 5.69 Å². The molecule has 0 aliphatic rings. The molecule has 0 aliphatic carbocycles. The number of H-pyrrole nitrogens is 1. The first-order valence-corrected chi connectivity index (χ1v) is 6.88. The molecular formula is C13H14N6S. The van der Waals surface area contributed by atoms with Gasteiger partial charge in [-0.15, -0.1) is 0 Å². The molecule has 0 unspecified atom stereocenters. The standard InChI is InChI=1S/C13H14N6S/c1-19(2)12-15-13(20-18-12)14-11-8-10(16-17-11)9-6-4-3-5-7-9/h3-8H,1-2H3,(H2,14,15,16,17,18). The second-order valence-corrected chi connectivity index (χ2v) is 5.20.